The van der Waals surface area contributed by atoms with Crippen LogP contribution in [-0.2, 0) is 14.2 Å². The Morgan fingerprint density at radius 2 is 2.05 bits per heavy atom. The van der Waals surface area contributed by atoms with Crippen LogP contribution in [0.3, 0.4) is 0 Å². The van der Waals surface area contributed by atoms with Crippen LogP contribution in [-0.4, -0.2) is 44.7 Å². The Kier molecular flexibility index (Phi) is 4.56. The largest absolute Gasteiger partial charge is 0.379 e. The molecule has 2 aliphatic heterocycles. The van der Waals surface area contributed by atoms with E-state index in [1.165, 1.54) is 0 Å². The van der Waals surface area contributed by atoms with Gasteiger partial charge in [0, 0.05) is 32.8 Å². The molecule has 0 aliphatic carbocycles. The van der Waals surface area contributed by atoms with Gasteiger partial charge in [-0.25, -0.2) is 0 Å². The normalized spacial score (nSPS) is 35.5. The average molecular weight is 271 g/mol. The third-order valence-electron chi connectivity index (χ3n) is 4.60. The van der Waals surface area contributed by atoms with Gasteiger partial charge in [-0.1, -0.05) is 20.8 Å². The molecule has 2 saturated heterocycles. The van der Waals surface area contributed by atoms with Crippen LogP contribution < -0.4 is 5.73 Å². The molecule has 2 aliphatic rings. The van der Waals surface area contributed by atoms with Crippen LogP contribution in [0.4, 0.5) is 0 Å². The van der Waals surface area contributed by atoms with Crippen molar-refractivity contribution < 1.29 is 14.2 Å². The summed E-state index contributed by atoms with van der Waals surface area (Å²) >= 11 is 0. The summed E-state index contributed by atoms with van der Waals surface area (Å²) in [5.74, 6) is 0.458. The molecule has 0 aromatic carbocycles. The van der Waals surface area contributed by atoms with Crippen LogP contribution in [0.2, 0.25) is 0 Å². The van der Waals surface area contributed by atoms with E-state index in [0.29, 0.717) is 5.92 Å². The molecule has 4 heteroatoms. The van der Waals surface area contributed by atoms with Crippen LogP contribution in [0, 0.1) is 11.3 Å². The van der Waals surface area contributed by atoms with Crippen molar-refractivity contribution >= 4 is 0 Å². The van der Waals surface area contributed by atoms with E-state index < -0.39 is 0 Å². The monoisotopic (exact) mass is 271 g/mol. The lowest BCUT2D eigenvalue weighted by Crippen LogP contribution is -2.53. The fourth-order valence-corrected chi connectivity index (χ4v) is 3.59. The van der Waals surface area contributed by atoms with Gasteiger partial charge < -0.3 is 19.9 Å². The molecule has 1 spiro atoms. The summed E-state index contributed by atoms with van der Waals surface area (Å²) in [7, 11) is 1.77. The second-order valence-electron chi connectivity index (χ2n) is 7.19. The fraction of sp³-hybridized carbons (Fsp3) is 1.00. The highest BCUT2D eigenvalue weighted by atomic mass is 16.6. The molecule has 0 saturated carbocycles. The Hall–Kier alpha value is -0.160. The zero-order valence-corrected chi connectivity index (χ0v) is 12.8. The maximum Gasteiger partial charge on any atom is 0.0939 e. The van der Waals surface area contributed by atoms with Gasteiger partial charge in [-0.15, -0.1) is 0 Å². The first kappa shape index (κ1) is 15.2. The van der Waals surface area contributed by atoms with E-state index in [9.17, 15) is 0 Å². The van der Waals surface area contributed by atoms with Crippen LogP contribution in [0.25, 0.3) is 0 Å². The lowest BCUT2D eigenvalue weighted by Gasteiger charge is -2.43. The smallest absolute Gasteiger partial charge is 0.0939 e. The highest BCUT2D eigenvalue weighted by Crippen LogP contribution is 2.39. The molecular formula is C15H29NO3. The summed E-state index contributed by atoms with van der Waals surface area (Å²) in [4.78, 5) is 0. The second-order valence-corrected chi connectivity index (χ2v) is 7.19. The summed E-state index contributed by atoms with van der Waals surface area (Å²) in [6.07, 6.45) is 3.11. The lowest BCUT2D eigenvalue weighted by molar-refractivity contribution is -0.114. The first-order valence-electron chi connectivity index (χ1n) is 7.38. The van der Waals surface area contributed by atoms with Crippen molar-refractivity contribution in [1.29, 1.82) is 0 Å². The van der Waals surface area contributed by atoms with Crippen molar-refractivity contribution in [2.45, 2.75) is 57.8 Å². The van der Waals surface area contributed by atoms with Crippen LogP contribution in [0.15, 0.2) is 0 Å². The summed E-state index contributed by atoms with van der Waals surface area (Å²) in [6.45, 7) is 8.90. The predicted octanol–water partition coefficient (Wildman–Crippen LogP) is 1.96. The van der Waals surface area contributed by atoms with Gasteiger partial charge in [-0.2, -0.15) is 0 Å². The highest BCUT2D eigenvalue weighted by molar-refractivity contribution is 4.96. The van der Waals surface area contributed by atoms with E-state index in [0.717, 1.165) is 39.1 Å². The molecular weight excluding hydrogens is 242 g/mol. The first-order chi connectivity index (χ1) is 8.88. The van der Waals surface area contributed by atoms with E-state index in [2.05, 4.69) is 20.8 Å². The SMILES string of the molecule is COC(C(N)C1CCOC2(CCOC2)C1)C(C)(C)C. The number of hydrogen-bond donors (Lipinski definition) is 1. The van der Waals surface area contributed by atoms with E-state index in [1.807, 2.05) is 0 Å². The molecule has 2 fully saturated rings. The lowest BCUT2D eigenvalue weighted by atomic mass is 9.74. The minimum Gasteiger partial charge on any atom is -0.379 e. The molecule has 0 radical (unpaired) electrons. The minimum absolute atomic E-state index is 0.0613. The van der Waals surface area contributed by atoms with Gasteiger partial charge in [0.15, 0.2) is 0 Å². The Balaban J connectivity index is 2.04. The standard InChI is InChI=1S/C15H29NO3/c1-14(2,3)13(17-4)12(16)11-5-7-19-15(9-11)6-8-18-10-15/h11-13H,5-10,16H2,1-4H3. The quantitative estimate of drug-likeness (QED) is 0.852. The zero-order valence-electron chi connectivity index (χ0n) is 12.8. The number of hydrogen-bond acceptors (Lipinski definition) is 4. The summed E-state index contributed by atoms with van der Waals surface area (Å²) in [6, 6.07) is 0.0615. The van der Waals surface area contributed by atoms with Crippen molar-refractivity contribution in [1.82, 2.24) is 0 Å². The number of ether oxygens (including phenoxy) is 3. The van der Waals surface area contributed by atoms with Gasteiger partial charge in [0.1, 0.15) is 0 Å². The maximum atomic E-state index is 6.52. The molecule has 0 aromatic heterocycles. The Labute approximate surface area is 117 Å². The molecule has 0 aromatic rings. The number of rotatable bonds is 3. The van der Waals surface area contributed by atoms with Gasteiger partial charge in [0.2, 0.25) is 0 Å². The van der Waals surface area contributed by atoms with Crippen molar-refractivity contribution in [3.63, 3.8) is 0 Å². The van der Waals surface area contributed by atoms with E-state index in [4.69, 9.17) is 19.9 Å². The highest BCUT2D eigenvalue weighted by Gasteiger charge is 2.45. The number of nitrogens with two attached hydrogens (primary N) is 1. The van der Waals surface area contributed by atoms with Crippen molar-refractivity contribution in [2.24, 2.45) is 17.1 Å². The molecule has 0 amide bonds. The summed E-state index contributed by atoms with van der Waals surface area (Å²) in [5, 5.41) is 0. The third kappa shape index (κ3) is 3.30. The van der Waals surface area contributed by atoms with Crippen molar-refractivity contribution in [2.75, 3.05) is 26.9 Å². The molecule has 2 rings (SSSR count). The van der Waals surface area contributed by atoms with E-state index in [-0.39, 0.29) is 23.2 Å². The Morgan fingerprint density at radius 3 is 2.58 bits per heavy atom. The maximum absolute atomic E-state index is 6.52. The van der Waals surface area contributed by atoms with Gasteiger partial charge in [0.25, 0.3) is 0 Å². The molecule has 0 bridgehead atoms. The molecule has 19 heavy (non-hydrogen) atoms. The molecule has 4 unspecified atom stereocenters. The second kappa shape index (κ2) is 5.68. The first-order valence-corrected chi connectivity index (χ1v) is 7.38. The van der Waals surface area contributed by atoms with Crippen molar-refractivity contribution in [3.05, 3.63) is 0 Å². The van der Waals surface area contributed by atoms with Crippen LogP contribution in [0.5, 0.6) is 0 Å². The zero-order chi connectivity index (χ0) is 14.1. The molecule has 112 valence electrons. The van der Waals surface area contributed by atoms with Crippen LogP contribution in [0.1, 0.15) is 40.0 Å². The Bertz CT molecular complexity index is 294. The van der Waals surface area contributed by atoms with Crippen molar-refractivity contribution in [3.8, 4) is 0 Å². The van der Waals surface area contributed by atoms with Gasteiger partial charge in [0.05, 0.1) is 18.3 Å². The minimum atomic E-state index is -0.0727. The van der Waals surface area contributed by atoms with Crippen LogP contribution >= 0.6 is 0 Å². The van der Waals surface area contributed by atoms with Gasteiger partial charge in [-0.05, 0) is 24.2 Å². The predicted molar refractivity (Wildman–Crippen MR) is 75.1 cm³/mol. The Morgan fingerprint density at radius 1 is 1.32 bits per heavy atom. The average Bonchev–Trinajstić information content (AvgIpc) is 2.76. The summed E-state index contributed by atoms with van der Waals surface area (Å²) in [5.41, 5.74) is 6.51. The molecule has 4 atom stereocenters. The van der Waals surface area contributed by atoms with E-state index in [1.54, 1.807) is 7.11 Å². The molecule has 2 N–H and O–H groups in total. The molecule has 4 nitrogen and oxygen atoms in total. The van der Waals surface area contributed by atoms with Gasteiger partial charge in [-0.3, -0.25) is 0 Å². The number of methoxy groups -OCH3 is 1. The molecule has 2 heterocycles. The fourth-order valence-electron chi connectivity index (χ4n) is 3.59. The van der Waals surface area contributed by atoms with E-state index >= 15 is 0 Å². The summed E-state index contributed by atoms with van der Waals surface area (Å²) < 4.78 is 17.2. The topological polar surface area (TPSA) is 53.7 Å². The van der Waals surface area contributed by atoms with Gasteiger partial charge >= 0.3 is 0 Å². The third-order valence-corrected chi connectivity index (χ3v) is 4.60.